The Balaban J connectivity index is 1.72. The summed E-state index contributed by atoms with van der Waals surface area (Å²) >= 11 is 0. The average molecular weight is 453 g/mol. The molecule has 0 bridgehead atoms. The maximum atomic E-state index is 12.0. The normalized spacial score (nSPS) is 39.2. The molecule has 182 valence electrons. The highest BCUT2D eigenvalue weighted by molar-refractivity contribution is 5.91. The minimum absolute atomic E-state index is 0.0346. The molecule has 7 atom stereocenters. The summed E-state index contributed by atoms with van der Waals surface area (Å²) in [7, 11) is 2.94. The van der Waals surface area contributed by atoms with Gasteiger partial charge in [-0.3, -0.25) is 9.59 Å². The number of aliphatic hydroxyl groups is 1. The van der Waals surface area contributed by atoms with E-state index in [0.29, 0.717) is 18.3 Å². The van der Waals surface area contributed by atoms with Crippen LogP contribution >= 0.6 is 0 Å². The van der Waals surface area contributed by atoms with E-state index in [4.69, 9.17) is 14.2 Å². The third kappa shape index (κ3) is 5.05. The number of fused-ring (bicyclic) bond motifs is 1. The van der Waals surface area contributed by atoms with Gasteiger partial charge in [0.2, 0.25) is 0 Å². The van der Waals surface area contributed by atoms with Crippen molar-refractivity contribution in [3.8, 4) is 0 Å². The first-order valence-corrected chi connectivity index (χ1v) is 11.9. The molecule has 7 heteroatoms. The van der Waals surface area contributed by atoms with Gasteiger partial charge in [-0.25, -0.2) is 0 Å². The molecule has 0 amide bonds. The third-order valence-corrected chi connectivity index (χ3v) is 8.70. The molecule has 1 saturated carbocycles. The van der Waals surface area contributed by atoms with Crippen molar-refractivity contribution in [2.45, 2.75) is 78.1 Å². The number of allylic oxidation sites excluding steroid dienone is 1. The number of ether oxygens (including phenoxy) is 4. The van der Waals surface area contributed by atoms with Gasteiger partial charge in [0.25, 0.3) is 0 Å². The number of hydrogen-bond acceptors (Lipinski definition) is 7. The highest BCUT2D eigenvalue weighted by Crippen LogP contribution is 2.62. The van der Waals surface area contributed by atoms with Crippen molar-refractivity contribution in [2.24, 2.45) is 28.6 Å². The van der Waals surface area contributed by atoms with Gasteiger partial charge in [-0.2, -0.15) is 0 Å². The molecule has 2 fully saturated rings. The molecule has 0 radical (unpaired) electrons. The predicted octanol–water partition coefficient (Wildman–Crippen LogP) is 3.63. The van der Waals surface area contributed by atoms with Crippen LogP contribution in [0, 0.1) is 28.6 Å². The SMILES string of the molecule is COC(=O)CC(=O)OCC1=CCC[C@@H]2[C@@](C)(CC[C@@H]3CO[C@H](OC)C3)[C@H](C)[C@H](O)C[C@@]12C. The number of hydrogen-bond donors (Lipinski definition) is 1. The predicted molar refractivity (Wildman–Crippen MR) is 118 cm³/mol. The van der Waals surface area contributed by atoms with Crippen molar-refractivity contribution in [1.29, 1.82) is 0 Å². The molecule has 1 saturated heterocycles. The molecule has 0 aromatic heterocycles. The quantitative estimate of drug-likeness (QED) is 0.342. The largest absolute Gasteiger partial charge is 0.469 e. The second-order valence-corrected chi connectivity index (χ2v) is 10.4. The van der Waals surface area contributed by atoms with Crippen molar-refractivity contribution in [1.82, 2.24) is 0 Å². The Morgan fingerprint density at radius 1 is 1.25 bits per heavy atom. The van der Waals surface area contributed by atoms with Crippen LogP contribution in [0.1, 0.15) is 65.7 Å². The monoisotopic (exact) mass is 452 g/mol. The second-order valence-electron chi connectivity index (χ2n) is 10.4. The Kier molecular flexibility index (Phi) is 8.05. The first-order valence-electron chi connectivity index (χ1n) is 11.9. The fraction of sp³-hybridized carbons (Fsp3) is 0.840. The summed E-state index contributed by atoms with van der Waals surface area (Å²) < 4.78 is 21.1. The van der Waals surface area contributed by atoms with Crippen molar-refractivity contribution in [2.75, 3.05) is 27.4 Å². The van der Waals surface area contributed by atoms with Crippen LogP contribution in [0.15, 0.2) is 11.6 Å². The topological polar surface area (TPSA) is 91.3 Å². The van der Waals surface area contributed by atoms with Crippen molar-refractivity contribution in [3.63, 3.8) is 0 Å². The van der Waals surface area contributed by atoms with E-state index in [1.165, 1.54) is 7.11 Å². The summed E-state index contributed by atoms with van der Waals surface area (Å²) in [5.41, 5.74) is 0.784. The Labute approximate surface area is 191 Å². The van der Waals surface area contributed by atoms with E-state index >= 15 is 0 Å². The minimum atomic E-state index is -0.599. The van der Waals surface area contributed by atoms with Crippen LogP contribution in [0.3, 0.4) is 0 Å². The summed E-state index contributed by atoms with van der Waals surface area (Å²) in [6, 6.07) is 0. The maximum Gasteiger partial charge on any atom is 0.317 e. The molecule has 3 rings (SSSR count). The van der Waals surface area contributed by atoms with Gasteiger partial charge >= 0.3 is 11.9 Å². The van der Waals surface area contributed by atoms with Gasteiger partial charge in [-0.15, -0.1) is 0 Å². The molecule has 32 heavy (non-hydrogen) atoms. The molecule has 0 aromatic rings. The van der Waals surface area contributed by atoms with Crippen LogP contribution in [-0.4, -0.2) is 56.9 Å². The molecule has 1 aliphatic heterocycles. The lowest BCUT2D eigenvalue weighted by molar-refractivity contribution is -0.153. The summed E-state index contributed by atoms with van der Waals surface area (Å²) in [5.74, 6) is -0.134. The summed E-state index contributed by atoms with van der Waals surface area (Å²) in [6.07, 6.45) is 6.91. The van der Waals surface area contributed by atoms with Gasteiger partial charge in [-0.1, -0.05) is 26.8 Å². The average Bonchev–Trinajstić information content (AvgIpc) is 3.23. The van der Waals surface area contributed by atoms with E-state index in [1.54, 1.807) is 7.11 Å². The summed E-state index contributed by atoms with van der Waals surface area (Å²) in [4.78, 5) is 23.4. The Bertz CT molecular complexity index is 719. The molecule has 1 heterocycles. The Morgan fingerprint density at radius 3 is 2.66 bits per heavy atom. The van der Waals surface area contributed by atoms with E-state index in [9.17, 15) is 14.7 Å². The summed E-state index contributed by atoms with van der Waals surface area (Å²) in [6.45, 7) is 7.62. The van der Waals surface area contributed by atoms with Crippen molar-refractivity contribution >= 4 is 11.9 Å². The minimum Gasteiger partial charge on any atom is -0.469 e. The molecule has 0 spiro atoms. The van der Waals surface area contributed by atoms with Gasteiger partial charge in [-0.05, 0) is 66.3 Å². The van der Waals surface area contributed by atoms with Gasteiger partial charge in [0.05, 0.1) is 19.8 Å². The molecule has 0 unspecified atom stereocenters. The zero-order valence-corrected chi connectivity index (χ0v) is 20.2. The Morgan fingerprint density at radius 2 is 2.00 bits per heavy atom. The maximum absolute atomic E-state index is 12.0. The highest BCUT2D eigenvalue weighted by Gasteiger charge is 2.57. The zero-order valence-electron chi connectivity index (χ0n) is 20.2. The van der Waals surface area contributed by atoms with Crippen LogP contribution < -0.4 is 0 Å². The molecule has 0 aromatic carbocycles. The van der Waals surface area contributed by atoms with Crippen LogP contribution in [-0.2, 0) is 28.5 Å². The fourth-order valence-corrected chi connectivity index (χ4v) is 6.46. The van der Waals surface area contributed by atoms with Crippen LogP contribution in [0.4, 0.5) is 0 Å². The third-order valence-electron chi connectivity index (χ3n) is 8.70. The van der Waals surface area contributed by atoms with Gasteiger partial charge < -0.3 is 24.1 Å². The van der Waals surface area contributed by atoms with Gasteiger partial charge in [0.1, 0.15) is 13.0 Å². The van der Waals surface area contributed by atoms with E-state index in [0.717, 1.165) is 44.3 Å². The number of rotatable bonds is 8. The first-order chi connectivity index (χ1) is 15.1. The van der Waals surface area contributed by atoms with Gasteiger partial charge in [0, 0.05) is 13.5 Å². The molecule has 2 aliphatic carbocycles. The van der Waals surface area contributed by atoms with Crippen LogP contribution in [0.2, 0.25) is 0 Å². The van der Waals surface area contributed by atoms with Crippen molar-refractivity contribution < 1.29 is 33.6 Å². The van der Waals surface area contributed by atoms with Crippen molar-refractivity contribution in [3.05, 3.63) is 11.6 Å². The lowest BCUT2D eigenvalue weighted by Crippen LogP contribution is -2.55. The lowest BCUT2D eigenvalue weighted by atomic mass is 9.46. The molecule has 3 aliphatic rings. The van der Waals surface area contributed by atoms with Gasteiger partial charge in [0.15, 0.2) is 6.29 Å². The van der Waals surface area contributed by atoms with E-state index in [2.05, 4.69) is 31.6 Å². The molecular weight excluding hydrogens is 412 g/mol. The van der Waals surface area contributed by atoms with E-state index in [1.807, 2.05) is 0 Å². The van der Waals surface area contributed by atoms with E-state index < -0.39 is 18.0 Å². The summed E-state index contributed by atoms with van der Waals surface area (Å²) in [5, 5.41) is 11.1. The molecule has 1 N–H and O–H groups in total. The number of carbonyl (C=O) groups excluding carboxylic acids is 2. The highest BCUT2D eigenvalue weighted by atomic mass is 16.7. The van der Waals surface area contributed by atoms with Crippen LogP contribution in [0.25, 0.3) is 0 Å². The molecular formula is C25H40O7. The first kappa shape index (κ1) is 25.2. The number of esters is 2. The number of aliphatic hydroxyl groups excluding tert-OH is 1. The standard InChI is InChI=1S/C25H40O7/c1-16-19(26)13-25(3)18(15-31-22(28)12-21(27)29-4)7-6-8-20(25)24(16,2)10-9-17-11-23(30-5)32-14-17/h7,16-17,19-20,23,26H,6,8-15H2,1-5H3/t16-,17+,19-,20-,23+,24+,25+/m1/s1. The smallest absolute Gasteiger partial charge is 0.317 e. The lowest BCUT2D eigenvalue weighted by Gasteiger charge is -2.60. The zero-order chi connectivity index (χ0) is 23.5. The van der Waals surface area contributed by atoms with Crippen LogP contribution in [0.5, 0.6) is 0 Å². The fourth-order valence-electron chi connectivity index (χ4n) is 6.46. The second kappa shape index (κ2) is 10.2. The van der Waals surface area contributed by atoms with E-state index in [-0.39, 0.29) is 36.1 Å². The number of carbonyl (C=O) groups is 2. The molecule has 7 nitrogen and oxygen atoms in total. The number of methoxy groups -OCH3 is 2. The Hall–Kier alpha value is -1.44.